The van der Waals surface area contributed by atoms with Crippen molar-refractivity contribution in [3.8, 4) is 51.1 Å². The fourth-order valence-corrected chi connectivity index (χ4v) is 7.27. The fraction of sp³-hybridized carbons (Fsp3) is 0.167. The molecule has 17 nitrogen and oxygen atoms in total. The smallest absolute Gasteiger partial charge is 0.230 e. The Kier molecular flexibility index (Phi) is 8.44. The number of nitriles is 1. The molecule has 2 aliphatic rings. The van der Waals surface area contributed by atoms with E-state index in [9.17, 15) is 9.59 Å². The van der Waals surface area contributed by atoms with Crippen LogP contribution >= 0.6 is 0 Å². The van der Waals surface area contributed by atoms with Gasteiger partial charge in [0.1, 0.15) is 17.5 Å². The minimum atomic E-state index is -0.331. The van der Waals surface area contributed by atoms with Gasteiger partial charge < -0.3 is 16.4 Å². The maximum absolute atomic E-state index is 12.8. The van der Waals surface area contributed by atoms with Crippen LogP contribution in [0.5, 0.6) is 0 Å². The van der Waals surface area contributed by atoms with Gasteiger partial charge in [-0.1, -0.05) is 6.92 Å². The molecule has 0 saturated heterocycles. The number of pyridine rings is 6. The quantitative estimate of drug-likeness (QED) is 0.105. The molecule has 8 aromatic rings. The number of hydrogen-bond acceptors (Lipinski definition) is 13. The summed E-state index contributed by atoms with van der Waals surface area (Å²) in [5, 5.41) is 29.9. The van der Waals surface area contributed by atoms with Crippen molar-refractivity contribution in [1.82, 2.24) is 50.0 Å². The van der Waals surface area contributed by atoms with E-state index in [0.717, 1.165) is 34.2 Å². The van der Waals surface area contributed by atoms with E-state index < -0.39 is 0 Å². The van der Waals surface area contributed by atoms with Crippen LogP contribution in [-0.2, 0) is 9.59 Å². The Morgan fingerprint density at radius 3 is 2.07 bits per heavy atom. The highest BCUT2D eigenvalue weighted by Gasteiger charge is 2.43. The van der Waals surface area contributed by atoms with E-state index in [1.54, 1.807) is 60.4 Å². The maximum Gasteiger partial charge on any atom is 0.230 e. The summed E-state index contributed by atoms with van der Waals surface area (Å²) >= 11 is 0. The number of nitrogen functional groups attached to an aromatic ring is 1. The molecule has 0 spiro atoms. The number of aromatic amines is 1. The molecule has 2 fully saturated rings. The van der Waals surface area contributed by atoms with E-state index in [2.05, 4.69) is 59.2 Å². The van der Waals surface area contributed by atoms with E-state index in [-0.39, 0.29) is 35.4 Å². The predicted octanol–water partition coefficient (Wildman–Crippen LogP) is 6.10. The highest BCUT2D eigenvalue weighted by Crippen LogP contribution is 2.40. The first kappa shape index (κ1) is 35.3. The first-order chi connectivity index (χ1) is 28.8. The van der Waals surface area contributed by atoms with Gasteiger partial charge in [0.15, 0.2) is 5.82 Å². The zero-order valence-corrected chi connectivity index (χ0v) is 31.3. The molecular weight excluding hydrogens is 747 g/mol. The number of nitrogens with two attached hydrogens (primary N) is 1. The van der Waals surface area contributed by atoms with Crippen molar-refractivity contribution in [2.75, 3.05) is 21.8 Å². The predicted molar refractivity (Wildman–Crippen MR) is 220 cm³/mol. The molecule has 6 N–H and O–H groups in total. The lowest BCUT2D eigenvalue weighted by Gasteiger charge is -2.14. The van der Waals surface area contributed by atoms with Gasteiger partial charge in [-0.25, -0.2) is 19.9 Å². The van der Waals surface area contributed by atoms with Crippen LogP contribution in [0.3, 0.4) is 0 Å². The Morgan fingerprint density at radius 2 is 1.42 bits per heavy atom. The van der Waals surface area contributed by atoms with Crippen molar-refractivity contribution in [1.29, 1.82) is 5.26 Å². The van der Waals surface area contributed by atoms with Gasteiger partial charge >= 0.3 is 0 Å². The van der Waals surface area contributed by atoms with Gasteiger partial charge in [0.05, 0.1) is 40.7 Å². The van der Waals surface area contributed by atoms with Gasteiger partial charge in [-0.2, -0.15) is 20.3 Å². The Hall–Kier alpha value is -8.13. The number of carbonyl (C=O) groups is 2. The Morgan fingerprint density at radius 1 is 0.780 bits per heavy atom. The molecule has 0 bridgehead atoms. The first-order valence-electron chi connectivity index (χ1n) is 18.9. The van der Waals surface area contributed by atoms with Gasteiger partial charge in [-0.05, 0) is 78.1 Å². The standard InChI is InChI=1S/C42H33N15O2/c1-21-10-27(21)41(58)52-38-15-23-13-36(31-17-45-6-2-25(31)33-4-8-49-54-33)51-40(30(23)20-48-38)56-57-9-5-34(55-57)26-3-7-46-18-32(26)35-12-22-14-37(47-19-29(22)39(44)50-35)53-42(59)28-11-24(28)16-43/h2-9,12-15,17-21,24,27-28H,10-11H2,1H3,(H2,44,50)(H,49,54)(H,51,56)(H,47,53,59)(H,48,52,58)/t21-,24-,27-,28+/m0/s1. The molecule has 288 valence electrons. The molecule has 2 amide bonds. The normalized spacial score (nSPS) is 18.0. The number of anilines is 4. The highest BCUT2D eigenvalue weighted by atomic mass is 16.2. The summed E-state index contributed by atoms with van der Waals surface area (Å²) in [4.78, 5) is 54.5. The van der Waals surface area contributed by atoms with E-state index >= 15 is 0 Å². The molecule has 4 atom stereocenters. The summed E-state index contributed by atoms with van der Waals surface area (Å²) in [5.41, 5.74) is 15.3. The van der Waals surface area contributed by atoms with Crippen LogP contribution in [0.25, 0.3) is 66.6 Å². The molecule has 8 heterocycles. The second-order valence-electron chi connectivity index (χ2n) is 14.8. The third-order valence-electron chi connectivity index (χ3n) is 10.8. The Labute approximate surface area is 335 Å². The van der Waals surface area contributed by atoms with Crippen molar-refractivity contribution < 1.29 is 9.59 Å². The van der Waals surface area contributed by atoms with E-state index in [1.807, 2.05) is 42.5 Å². The monoisotopic (exact) mass is 779 g/mol. The van der Waals surface area contributed by atoms with Gasteiger partial charge in [0.25, 0.3) is 0 Å². The summed E-state index contributed by atoms with van der Waals surface area (Å²) in [5.74, 6) is 1.00. The second-order valence-corrected chi connectivity index (χ2v) is 14.8. The van der Waals surface area contributed by atoms with Crippen LogP contribution in [0.2, 0.25) is 0 Å². The minimum Gasteiger partial charge on any atom is -0.383 e. The Bertz CT molecular complexity index is 3010. The topological polar surface area (TPSA) is 244 Å². The number of carbonyl (C=O) groups excluding carboxylic acids is 2. The number of aromatic nitrogens is 10. The van der Waals surface area contributed by atoms with E-state index in [4.69, 9.17) is 26.1 Å². The molecule has 0 radical (unpaired) electrons. The number of amides is 2. The third kappa shape index (κ3) is 6.78. The largest absolute Gasteiger partial charge is 0.383 e. The zero-order chi connectivity index (χ0) is 40.2. The van der Waals surface area contributed by atoms with Crippen molar-refractivity contribution in [2.24, 2.45) is 23.7 Å². The van der Waals surface area contributed by atoms with Crippen LogP contribution in [0.15, 0.2) is 98.1 Å². The lowest BCUT2D eigenvalue weighted by atomic mass is 10.0. The van der Waals surface area contributed by atoms with Crippen molar-refractivity contribution in [3.63, 3.8) is 0 Å². The number of nitrogens with one attached hydrogen (secondary N) is 4. The van der Waals surface area contributed by atoms with Gasteiger partial charge in [-0.15, -0.1) is 0 Å². The molecule has 0 unspecified atom stereocenters. The summed E-state index contributed by atoms with van der Waals surface area (Å²) in [6.07, 6.45) is 15.0. The van der Waals surface area contributed by atoms with E-state index in [1.165, 1.54) is 0 Å². The SMILES string of the molecule is C[C@H]1C[C@@H]1C(=O)Nc1cc2cc(-c3cnccc3-c3cc[nH]n3)nc(Nn3ccc(-c4ccncc4-c4cc5cc(NC(=O)[C@@H]6C[C@H]6C#N)ncc5c(N)n4)n3)c2cn1. The molecular formula is C42H33N15O2. The van der Waals surface area contributed by atoms with Gasteiger partial charge in [-0.3, -0.25) is 30.1 Å². The Balaban J connectivity index is 0.990. The molecule has 0 aromatic carbocycles. The zero-order valence-electron chi connectivity index (χ0n) is 31.3. The lowest BCUT2D eigenvalue weighted by Crippen LogP contribution is -2.15. The summed E-state index contributed by atoms with van der Waals surface area (Å²) < 4.78 is 0. The van der Waals surface area contributed by atoms with Crippen molar-refractivity contribution >= 4 is 56.6 Å². The third-order valence-corrected chi connectivity index (χ3v) is 10.8. The second kappa shape index (κ2) is 14.1. The van der Waals surface area contributed by atoms with Crippen LogP contribution in [0, 0.1) is 35.0 Å². The molecule has 17 heteroatoms. The minimum absolute atomic E-state index is 0.00933. The molecule has 8 aromatic heterocycles. The highest BCUT2D eigenvalue weighted by molar-refractivity contribution is 6.01. The van der Waals surface area contributed by atoms with E-state index in [0.29, 0.717) is 68.6 Å². The van der Waals surface area contributed by atoms with Crippen LogP contribution in [-0.4, -0.2) is 61.8 Å². The average Bonchev–Trinajstić information content (AvgIpc) is 4.06. The fourth-order valence-electron chi connectivity index (χ4n) is 7.27. The number of H-pyrrole nitrogens is 1. The lowest BCUT2D eigenvalue weighted by molar-refractivity contribution is -0.118. The number of fused-ring (bicyclic) bond motifs is 2. The van der Waals surface area contributed by atoms with Gasteiger partial charge in [0, 0.05) is 88.5 Å². The summed E-state index contributed by atoms with van der Waals surface area (Å²) in [6.45, 7) is 2.06. The van der Waals surface area contributed by atoms with Crippen LogP contribution < -0.4 is 21.8 Å². The van der Waals surface area contributed by atoms with Crippen molar-refractivity contribution in [2.45, 2.75) is 19.8 Å². The molecule has 10 rings (SSSR count). The molecule has 2 aliphatic carbocycles. The summed E-state index contributed by atoms with van der Waals surface area (Å²) in [7, 11) is 0. The molecule has 59 heavy (non-hydrogen) atoms. The number of rotatable bonds is 10. The van der Waals surface area contributed by atoms with Crippen LogP contribution in [0.1, 0.15) is 19.8 Å². The van der Waals surface area contributed by atoms with Gasteiger partial charge in [0.2, 0.25) is 11.8 Å². The van der Waals surface area contributed by atoms with Crippen LogP contribution in [0.4, 0.5) is 23.3 Å². The molecule has 0 aliphatic heterocycles. The number of hydrogen-bond donors (Lipinski definition) is 5. The number of nitrogens with zero attached hydrogens (tertiary/aromatic N) is 10. The first-order valence-corrected chi connectivity index (χ1v) is 18.9. The maximum atomic E-state index is 12.8. The van der Waals surface area contributed by atoms with Crippen molar-refractivity contribution in [3.05, 3.63) is 98.1 Å². The summed E-state index contributed by atoms with van der Waals surface area (Å²) in [6, 6.07) is 17.0. The molecule has 2 saturated carbocycles. The average molecular weight is 780 g/mol.